The molecule has 0 aliphatic rings. The number of rotatable bonds is 4. The lowest BCUT2D eigenvalue weighted by molar-refractivity contribution is 0.262. The van der Waals surface area contributed by atoms with Crippen LogP contribution in [0.4, 0.5) is 27.7 Å². The molecule has 0 spiro atoms. The molecule has 0 radical (unpaired) electrons. The molecule has 2 aromatic carbocycles. The summed E-state index contributed by atoms with van der Waals surface area (Å²) in [6.07, 6.45) is 1.68. The first kappa shape index (κ1) is 17.0. The Morgan fingerprint density at radius 3 is 2.36 bits per heavy atom. The van der Waals surface area contributed by atoms with Crippen molar-refractivity contribution in [2.45, 2.75) is 6.92 Å². The highest BCUT2D eigenvalue weighted by molar-refractivity contribution is 9.10. The molecule has 3 aromatic rings. The average molecular weight is 397 g/mol. The summed E-state index contributed by atoms with van der Waals surface area (Å²) in [6.45, 7) is 2.03. The van der Waals surface area contributed by atoms with Crippen molar-refractivity contribution < 1.29 is 4.79 Å². The van der Waals surface area contributed by atoms with Gasteiger partial charge in [0.25, 0.3) is 0 Å². The summed E-state index contributed by atoms with van der Waals surface area (Å²) >= 11 is 3.48. The lowest BCUT2D eigenvalue weighted by Crippen LogP contribution is -2.19. The van der Waals surface area contributed by atoms with Crippen LogP contribution in [0.2, 0.25) is 0 Å². The highest BCUT2D eigenvalue weighted by atomic mass is 79.9. The normalized spacial score (nSPS) is 10.2. The van der Waals surface area contributed by atoms with E-state index < -0.39 is 0 Å². The van der Waals surface area contributed by atoms with E-state index in [-0.39, 0.29) is 6.03 Å². The zero-order valence-electron chi connectivity index (χ0n) is 13.6. The number of hydrogen-bond donors (Lipinski definition) is 3. The smallest absolute Gasteiger partial charge is 0.324 e. The number of aryl methyl sites for hydroxylation is 1. The second-order valence-corrected chi connectivity index (χ2v) is 6.32. The zero-order valence-corrected chi connectivity index (χ0v) is 15.2. The minimum atomic E-state index is -0.331. The van der Waals surface area contributed by atoms with E-state index in [9.17, 15) is 4.79 Å². The van der Waals surface area contributed by atoms with E-state index >= 15 is 0 Å². The van der Waals surface area contributed by atoms with Gasteiger partial charge in [-0.2, -0.15) is 0 Å². The molecule has 0 saturated carbocycles. The summed E-state index contributed by atoms with van der Waals surface area (Å²) in [5.41, 5.74) is 3.69. The number of nitrogens with zero attached hydrogens (tertiary/aromatic N) is 1. The lowest BCUT2D eigenvalue weighted by atomic mass is 10.2. The highest BCUT2D eigenvalue weighted by Crippen LogP contribution is 2.23. The van der Waals surface area contributed by atoms with Gasteiger partial charge in [0.1, 0.15) is 5.82 Å². The van der Waals surface area contributed by atoms with Crippen LogP contribution >= 0.6 is 15.9 Å². The first-order chi connectivity index (χ1) is 12.1. The van der Waals surface area contributed by atoms with Gasteiger partial charge in [0, 0.05) is 15.8 Å². The number of urea groups is 1. The van der Waals surface area contributed by atoms with E-state index in [4.69, 9.17) is 0 Å². The Morgan fingerprint density at radius 2 is 1.68 bits per heavy atom. The highest BCUT2D eigenvalue weighted by Gasteiger charge is 2.04. The molecule has 0 unspecified atom stereocenters. The van der Waals surface area contributed by atoms with E-state index in [0.717, 1.165) is 27.1 Å². The van der Waals surface area contributed by atoms with E-state index in [1.807, 2.05) is 61.5 Å². The first-order valence-corrected chi connectivity index (χ1v) is 8.52. The van der Waals surface area contributed by atoms with Gasteiger partial charge >= 0.3 is 6.03 Å². The standard InChI is InChI=1S/C19H17BrN4O/c1-13-11-15(7-9-17(13)20)22-16-8-10-18(21-12-16)24-19(25)23-14-5-3-2-4-6-14/h2-12,22H,1H3,(H2,21,23,24,25). The van der Waals surface area contributed by atoms with Crippen LogP contribution in [-0.2, 0) is 0 Å². The van der Waals surface area contributed by atoms with Crippen LogP contribution in [0.3, 0.4) is 0 Å². The summed E-state index contributed by atoms with van der Waals surface area (Å²) < 4.78 is 1.07. The van der Waals surface area contributed by atoms with Crippen molar-refractivity contribution in [3.63, 3.8) is 0 Å². The van der Waals surface area contributed by atoms with Gasteiger partial charge in [-0.1, -0.05) is 34.1 Å². The number of carbonyl (C=O) groups excluding carboxylic acids is 1. The van der Waals surface area contributed by atoms with Crippen LogP contribution in [0.1, 0.15) is 5.56 Å². The van der Waals surface area contributed by atoms with Gasteiger partial charge in [0.2, 0.25) is 0 Å². The molecule has 0 bridgehead atoms. The molecule has 3 N–H and O–H groups in total. The second kappa shape index (κ2) is 7.81. The molecule has 0 fully saturated rings. The van der Waals surface area contributed by atoms with Gasteiger partial charge in [-0.3, -0.25) is 5.32 Å². The number of pyridine rings is 1. The van der Waals surface area contributed by atoms with Crippen LogP contribution in [-0.4, -0.2) is 11.0 Å². The van der Waals surface area contributed by atoms with Gasteiger partial charge in [-0.25, -0.2) is 9.78 Å². The molecule has 0 aliphatic heterocycles. The van der Waals surface area contributed by atoms with Crippen LogP contribution in [0, 0.1) is 6.92 Å². The fourth-order valence-electron chi connectivity index (χ4n) is 2.23. The van der Waals surface area contributed by atoms with E-state index in [0.29, 0.717) is 5.82 Å². The quantitative estimate of drug-likeness (QED) is 0.542. The molecule has 6 heteroatoms. The molecule has 1 heterocycles. The Bertz CT molecular complexity index is 866. The van der Waals surface area contributed by atoms with Gasteiger partial charge in [-0.15, -0.1) is 0 Å². The molecule has 25 heavy (non-hydrogen) atoms. The fraction of sp³-hybridized carbons (Fsp3) is 0.0526. The number of carbonyl (C=O) groups is 1. The summed E-state index contributed by atoms with van der Waals surface area (Å²) in [6, 6.07) is 18.6. The summed E-state index contributed by atoms with van der Waals surface area (Å²) in [7, 11) is 0. The maximum atomic E-state index is 11.9. The minimum Gasteiger partial charge on any atom is -0.354 e. The number of anilines is 4. The molecule has 5 nitrogen and oxygen atoms in total. The molecule has 126 valence electrons. The van der Waals surface area contributed by atoms with Gasteiger partial charge in [0.05, 0.1) is 11.9 Å². The largest absolute Gasteiger partial charge is 0.354 e. The molecule has 2 amide bonds. The molecule has 0 atom stereocenters. The molecule has 3 rings (SSSR count). The monoisotopic (exact) mass is 396 g/mol. The maximum absolute atomic E-state index is 11.9. The van der Waals surface area contributed by atoms with Crippen molar-refractivity contribution in [3.05, 3.63) is 76.9 Å². The Hall–Kier alpha value is -2.86. The lowest BCUT2D eigenvalue weighted by Gasteiger charge is -2.10. The topological polar surface area (TPSA) is 66.0 Å². The summed E-state index contributed by atoms with van der Waals surface area (Å²) in [5, 5.41) is 8.73. The first-order valence-electron chi connectivity index (χ1n) is 7.72. The van der Waals surface area contributed by atoms with Crippen LogP contribution in [0.5, 0.6) is 0 Å². The number of hydrogen-bond acceptors (Lipinski definition) is 3. The van der Waals surface area contributed by atoms with Crippen molar-refractivity contribution in [1.29, 1.82) is 0 Å². The third-order valence-electron chi connectivity index (χ3n) is 3.48. The average Bonchev–Trinajstić information content (AvgIpc) is 2.61. The number of amides is 2. The van der Waals surface area contributed by atoms with Gasteiger partial charge in [0.15, 0.2) is 0 Å². The van der Waals surface area contributed by atoms with E-state index in [1.165, 1.54) is 0 Å². The third-order valence-corrected chi connectivity index (χ3v) is 4.37. The number of aromatic nitrogens is 1. The van der Waals surface area contributed by atoms with Crippen LogP contribution in [0.25, 0.3) is 0 Å². The van der Waals surface area contributed by atoms with Gasteiger partial charge in [-0.05, 0) is 55.0 Å². The van der Waals surface area contributed by atoms with E-state index in [2.05, 4.69) is 36.9 Å². The molecular formula is C19H17BrN4O. The van der Waals surface area contributed by atoms with Crippen molar-refractivity contribution in [1.82, 2.24) is 4.98 Å². The van der Waals surface area contributed by atoms with Gasteiger partial charge < -0.3 is 10.6 Å². The summed E-state index contributed by atoms with van der Waals surface area (Å²) in [5.74, 6) is 0.478. The Kier molecular flexibility index (Phi) is 5.30. The number of halogens is 1. The number of para-hydroxylation sites is 1. The molecular weight excluding hydrogens is 380 g/mol. The Labute approximate surface area is 154 Å². The summed E-state index contributed by atoms with van der Waals surface area (Å²) in [4.78, 5) is 16.2. The number of benzene rings is 2. The van der Waals surface area contributed by atoms with Crippen molar-refractivity contribution >= 4 is 44.8 Å². The second-order valence-electron chi connectivity index (χ2n) is 5.47. The Balaban J connectivity index is 1.60. The SMILES string of the molecule is Cc1cc(Nc2ccc(NC(=O)Nc3ccccc3)nc2)ccc1Br. The van der Waals surface area contributed by atoms with Crippen molar-refractivity contribution in [2.24, 2.45) is 0 Å². The van der Waals surface area contributed by atoms with Crippen molar-refractivity contribution in [2.75, 3.05) is 16.0 Å². The maximum Gasteiger partial charge on any atom is 0.324 e. The molecule has 1 aromatic heterocycles. The van der Waals surface area contributed by atoms with Crippen molar-refractivity contribution in [3.8, 4) is 0 Å². The number of nitrogens with one attached hydrogen (secondary N) is 3. The zero-order chi connectivity index (χ0) is 17.6. The molecule has 0 aliphatic carbocycles. The van der Waals surface area contributed by atoms with Crippen LogP contribution < -0.4 is 16.0 Å². The predicted octanol–water partition coefficient (Wildman–Crippen LogP) is 5.54. The Morgan fingerprint density at radius 1 is 0.920 bits per heavy atom. The predicted molar refractivity (Wildman–Crippen MR) is 105 cm³/mol. The fourth-order valence-corrected chi connectivity index (χ4v) is 2.48. The van der Waals surface area contributed by atoms with E-state index in [1.54, 1.807) is 12.3 Å². The van der Waals surface area contributed by atoms with Crippen LogP contribution in [0.15, 0.2) is 71.3 Å². The minimum absolute atomic E-state index is 0.331. The third kappa shape index (κ3) is 4.81. The molecule has 0 saturated heterocycles.